The molecule has 0 saturated carbocycles. The molecule has 1 fully saturated rings. The zero-order valence-corrected chi connectivity index (χ0v) is 14.3. The third kappa shape index (κ3) is 3.76. The maximum atomic E-state index is 12.3. The van der Waals surface area contributed by atoms with Crippen LogP contribution in [0.25, 0.3) is 0 Å². The molecule has 7 nitrogen and oxygen atoms in total. The second kappa shape index (κ2) is 7.18. The van der Waals surface area contributed by atoms with E-state index in [1.165, 1.54) is 0 Å². The summed E-state index contributed by atoms with van der Waals surface area (Å²) in [4.78, 5) is 16.8. The Kier molecular flexibility index (Phi) is 5.02. The van der Waals surface area contributed by atoms with Gasteiger partial charge in [-0.3, -0.25) is 4.79 Å². The van der Waals surface area contributed by atoms with E-state index in [4.69, 9.17) is 0 Å². The van der Waals surface area contributed by atoms with Crippen LogP contribution in [0.4, 0.5) is 0 Å². The molecule has 124 valence electrons. The van der Waals surface area contributed by atoms with Gasteiger partial charge in [0.2, 0.25) is 0 Å². The van der Waals surface area contributed by atoms with Gasteiger partial charge < -0.3 is 10.6 Å². The number of aryl methyl sites for hydroxylation is 1. The molecule has 1 aliphatic rings. The van der Waals surface area contributed by atoms with E-state index in [0.717, 1.165) is 43.1 Å². The second-order valence-corrected chi connectivity index (χ2v) is 6.72. The lowest BCUT2D eigenvalue weighted by atomic mass is 10.1. The summed E-state index contributed by atoms with van der Waals surface area (Å²) >= 11 is 1.62. The molecule has 8 heteroatoms. The Morgan fingerprint density at radius 2 is 2.30 bits per heavy atom. The Balaban J connectivity index is 1.62. The van der Waals surface area contributed by atoms with Crippen molar-refractivity contribution in [3.05, 3.63) is 28.0 Å². The summed E-state index contributed by atoms with van der Waals surface area (Å²) in [6, 6.07) is 0.191. The standard InChI is InChI=1S/C15H22N6OS/c1-3-14-18-13(9-23-14)10(2)17-15(22)12-8-21(20-19-12)11-4-6-16-7-5-11/h8-11,16H,3-7H2,1-2H3,(H,17,22). The van der Waals surface area contributed by atoms with Gasteiger partial charge in [0.1, 0.15) is 0 Å². The molecule has 1 saturated heterocycles. The Morgan fingerprint density at radius 3 is 3.00 bits per heavy atom. The molecule has 1 unspecified atom stereocenters. The molecule has 1 aliphatic heterocycles. The number of piperidine rings is 1. The van der Waals surface area contributed by atoms with Crippen molar-refractivity contribution in [2.75, 3.05) is 13.1 Å². The average molecular weight is 334 g/mol. The number of nitrogens with zero attached hydrogens (tertiary/aromatic N) is 4. The SMILES string of the molecule is CCc1nc(C(C)NC(=O)c2cn(C3CCNCC3)nn2)cs1. The van der Waals surface area contributed by atoms with Gasteiger partial charge in [-0.2, -0.15) is 0 Å². The number of rotatable bonds is 5. The number of amides is 1. The molecule has 3 heterocycles. The van der Waals surface area contributed by atoms with E-state index in [1.807, 2.05) is 17.0 Å². The number of hydrogen-bond acceptors (Lipinski definition) is 6. The summed E-state index contributed by atoms with van der Waals surface area (Å²) in [5.41, 5.74) is 1.26. The lowest BCUT2D eigenvalue weighted by Crippen LogP contribution is -2.29. The summed E-state index contributed by atoms with van der Waals surface area (Å²) in [6.45, 7) is 5.97. The number of carbonyl (C=O) groups excluding carboxylic acids is 1. The van der Waals surface area contributed by atoms with E-state index in [-0.39, 0.29) is 11.9 Å². The lowest BCUT2D eigenvalue weighted by molar-refractivity contribution is 0.0934. The molecule has 1 atom stereocenters. The second-order valence-electron chi connectivity index (χ2n) is 5.78. The van der Waals surface area contributed by atoms with Gasteiger partial charge in [0.15, 0.2) is 5.69 Å². The maximum absolute atomic E-state index is 12.3. The van der Waals surface area contributed by atoms with E-state index in [1.54, 1.807) is 17.5 Å². The van der Waals surface area contributed by atoms with Crippen LogP contribution in [0.1, 0.15) is 60.0 Å². The highest BCUT2D eigenvalue weighted by atomic mass is 32.1. The van der Waals surface area contributed by atoms with Crippen LogP contribution in [0, 0.1) is 0 Å². The van der Waals surface area contributed by atoms with Crippen molar-refractivity contribution in [3.63, 3.8) is 0 Å². The van der Waals surface area contributed by atoms with Crippen molar-refractivity contribution >= 4 is 17.2 Å². The summed E-state index contributed by atoms with van der Waals surface area (Å²) in [7, 11) is 0. The first-order chi connectivity index (χ1) is 11.2. The number of carbonyl (C=O) groups is 1. The summed E-state index contributed by atoms with van der Waals surface area (Å²) in [5, 5.41) is 17.5. The quantitative estimate of drug-likeness (QED) is 0.869. The predicted molar refractivity (Wildman–Crippen MR) is 88.5 cm³/mol. The van der Waals surface area contributed by atoms with E-state index in [0.29, 0.717) is 11.7 Å². The largest absolute Gasteiger partial charge is 0.342 e. The van der Waals surface area contributed by atoms with Gasteiger partial charge >= 0.3 is 0 Å². The summed E-state index contributed by atoms with van der Waals surface area (Å²) < 4.78 is 1.82. The highest BCUT2D eigenvalue weighted by Gasteiger charge is 2.20. The van der Waals surface area contributed by atoms with E-state index in [2.05, 4.69) is 32.9 Å². The van der Waals surface area contributed by atoms with Gasteiger partial charge in [-0.05, 0) is 39.3 Å². The monoisotopic (exact) mass is 334 g/mol. The molecule has 1 amide bonds. The fourth-order valence-corrected chi connectivity index (χ4v) is 3.50. The van der Waals surface area contributed by atoms with Crippen LogP contribution >= 0.6 is 11.3 Å². The molecule has 2 aromatic heterocycles. The molecule has 0 bridgehead atoms. The number of nitrogens with one attached hydrogen (secondary N) is 2. The Bertz CT molecular complexity index is 660. The highest BCUT2D eigenvalue weighted by Crippen LogP contribution is 2.19. The van der Waals surface area contributed by atoms with E-state index < -0.39 is 0 Å². The molecule has 2 N–H and O–H groups in total. The van der Waals surface area contributed by atoms with E-state index in [9.17, 15) is 4.79 Å². The smallest absolute Gasteiger partial charge is 0.273 e. The minimum Gasteiger partial charge on any atom is -0.342 e. The molecule has 23 heavy (non-hydrogen) atoms. The van der Waals surface area contributed by atoms with Gasteiger partial charge in [0.05, 0.1) is 29.0 Å². The molecule has 0 spiro atoms. The Morgan fingerprint density at radius 1 is 1.52 bits per heavy atom. The highest BCUT2D eigenvalue weighted by molar-refractivity contribution is 7.09. The minimum atomic E-state index is -0.205. The van der Waals surface area contributed by atoms with Crippen molar-refractivity contribution < 1.29 is 4.79 Å². The van der Waals surface area contributed by atoms with Crippen LogP contribution in [0.3, 0.4) is 0 Å². The first-order valence-corrected chi connectivity index (χ1v) is 8.93. The van der Waals surface area contributed by atoms with Gasteiger partial charge in [0, 0.05) is 5.38 Å². The predicted octanol–water partition coefficient (Wildman–Crippen LogP) is 1.71. The molecular weight excluding hydrogens is 312 g/mol. The van der Waals surface area contributed by atoms with Crippen LogP contribution in [0.15, 0.2) is 11.6 Å². The van der Waals surface area contributed by atoms with Crippen LogP contribution < -0.4 is 10.6 Å². The minimum absolute atomic E-state index is 0.136. The van der Waals surface area contributed by atoms with Gasteiger partial charge in [-0.25, -0.2) is 9.67 Å². The first-order valence-electron chi connectivity index (χ1n) is 8.05. The molecular formula is C15H22N6OS. The van der Waals surface area contributed by atoms with E-state index >= 15 is 0 Å². The lowest BCUT2D eigenvalue weighted by Gasteiger charge is -2.22. The summed E-state index contributed by atoms with van der Waals surface area (Å²) in [6.07, 6.45) is 4.69. The molecule has 0 radical (unpaired) electrons. The van der Waals surface area contributed by atoms with Crippen molar-refractivity contribution in [3.8, 4) is 0 Å². The normalized spacial score (nSPS) is 17.1. The zero-order chi connectivity index (χ0) is 16.2. The van der Waals surface area contributed by atoms with Crippen molar-refractivity contribution in [2.24, 2.45) is 0 Å². The number of aromatic nitrogens is 4. The fourth-order valence-electron chi connectivity index (χ4n) is 2.66. The molecule has 0 aromatic carbocycles. The van der Waals surface area contributed by atoms with Crippen molar-refractivity contribution in [1.82, 2.24) is 30.6 Å². The fraction of sp³-hybridized carbons (Fsp3) is 0.600. The zero-order valence-electron chi connectivity index (χ0n) is 13.5. The van der Waals surface area contributed by atoms with Crippen molar-refractivity contribution in [2.45, 2.75) is 45.2 Å². The Hall–Kier alpha value is -1.80. The van der Waals surface area contributed by atoms with Crippen LogP contribution in [0.2, 0.25) is 0 Å². The van der Waals surface area contributed by atoms with Crippen LogP contribution in [-0.4, -0.2) is 39.0 Å². The van der Waals surface area contributed by atoms with Crippen LogP contribution in [-0.2, 0) is 6.42 Å². The van der Waals surface area contributed by atoms with Crippen LogP contribution in [0.5, 0.6) is 0 Å². The summed E-state index contributed by atoms with van der Waals surface area (Å²) in [5.74, 6) is -0.205. The topological polar surface area (TPSA) is 84.7 Å². The first kappa shape index (κ1) is 16.1. The van der Waals surface area contributed by atoms with Gasteiger partial charge in [0.25, 0.3) is 5.91 Å². The molecule has 0 aliphatic carbocycles. The Labute approximate surface area is 139 Å². The third-order valence-electron chi connectivity index (χ3n) is 4.09. The average Bonchev–Trinajstić information content (AvgIpc) is 3.25. The number of hydrogen-bond donors (Lipinski definition) is 2. The molecule has 2 aromatic rings. The number of thiazole rings is 1. The third-order valence-corrected chi connectivity index (χ3v) is 5.10. The van der Waals surface area contributed by atoms with Crippen molar-refractivity contribution in [1.29, 1.82) is 0 Å². The maximum Gasteiger partial charge on any atom is 0.273 e. The molecule has 3 rings (SSSR count). The van der Waals surface area contributed by atoms with Gasteiger partial charge in [-0.1, -0.05) is 12.1 Å². The van der Waals surface area contributed by atoms with Gasteiger partial charge in [-0.15, -0.1) is 16.4 Å².